The SMILES string of the molecule is CSc1ccc(NC(=O)N[C@@H]2CCCC[C@H]2NC(=O)c2csc(COc3ccc(C(C)C)cc3)n2)cc1. The molecule has 1 saturated carbocycles. The van der Waals surface area contributed by atoms with Crippen LogP contribution in [0.1, 0.15) is 66.5 Å². The van der Waals surface area contributed by atoms with Crippen LogP contribution in [0.25, 0.3) is 0 Å². The van der Waals surface area contributed by atoms with Gasteiger partial charge in [-0.3, -0.25) is 4.79 Å². The number of anilines is 1. The van der Waals surface area contributed by atoms with E-state index in [1.807, 2.05) is 42.7 Å². The van der Waals surface area contributed by atoms with Crippen molar-refractivity contribution in [3.63, 3.8) is 0 Å². The summed E-state index contributed by atoms with van der Waals surface area (Å²) < 4.78 is 5.85. The number of hydrogen-bond acceptors (Lipinski definition) is 6. The molecule has 0 radical (unpaired) electrons. The van der Waals surface area contributed by atoms with Gasteiger partial charge in [0.15, 0.2) is 0 Å². The Morgan fingerprint density at radius 1 is 1.03 bits per heavy atom. The lowest BCUT2D eigenvalue weighted by Crippen LogP contribution is -2.54. The summed E-state index contributed by atoms with van der Waals surface area (Å²) in [6, 6.07) is 15.2. The molecular formula is C28H34N4O3S2. The smallest absolute Gasteiger partial charge is 0.319 e. The fraction of sp³-hybridized carbons (Fsp3) is 0.393. The first-order valence-corrected chi connectivity index (χ1v) is 14.7. The normalized spacial score (nSPS) is 17.3. The molecule has 7 nitrogen and oxygen atoms in total. The molecule has 1 fully saturated rings. The number of rotatable bonds is 9. The highest BCUT2D eigenvalue weighted by Gasteiger charge is 2.28. The Bertz CT molecular complexity index is 1180. The number of nitrogens with one attached hydrogen (secondary N) is 3. The van der Waals surface area contributed by atoms with Crippen LogP contribution >= 0.6 is 23.1 Å². The minimum absolute atomic E-state index is 0.140. The molecular weight excluding hydrogens is 504 g/mol. The Labute approximate surface area is 226 Å². The second-order valence-corrected chi connectivity index (χ2v) is 11.3. The number of urea groups is 1. The summed E-state index contributed by atoms with van der Waals surface area (Å²) in [5.41, 5.74) is 2.37. The number of ether oxygens (including phenoxy) is 1. The largest absolute Gasteiger partial charge is 0.486 e. The molecule has 0 spiro atoms. The highest BCUT2D eigenvalue weighted by Crippen LogP contribution is 2.22. The predicted octanol–water partition coefficient (Wildman–Crippen LogP) is 6.43. The van der Waals surface area contributed by atoms with Gasteiger partial charge in [0, 0.05) is 22.0 Å². The van der Waals surface area contributed by atoms with Crippen molar-refractivity contribution in [3.05, 3.63) is 70.2 Å². The first-order chi connectivity index (χ1) is 17.9. The van der Waals surface area contributed by atoms with Crippen molar-refractivity contribution in [2.75, 3.05) is 11.6 Å². The van der Waals surface area contributed by atoms with Crippen molar-refractivity contribution in [1.29, 1.82) is 0 Å². The van der Waals surface area contributed by atoms with Gasteiger partial charge in [0.2, 0.25) is 0 Å². The van der Waals surface area contributed by atoms with Crippen LogP contribution in [0.2, 0.25) is 0 Å². The third-order valence-corrected chi connectivity index (χ3v) is 8.01. The molecule has 3 amide bonds. The van der Waals surface area contributed by atoms with Crippen LogP contribution < -0.4 is 20.7 Å². The summed E-state index contributed by atoms with van der Waals surface area (Å²) in [5.74, 6) is 1.02. The van der Waals surface area contributed by atoms with Gasteiger partial charge in [-0.15, -0.1) is 23.1 Å². The molecule has 3 N–H and O–H groups in total. The Kier molecular flexibility index (Phi) is 9.46. The predicted molar refractivity (Wildman–Crippen MR) is 151 cm³/mol. The average Bonchev–Trinajstić information content (AvgIpc) is 3.38. The summed E-state index contributed by atoms with van der Waals surface area (Å²) in [6.07, 6.45) is 5.66. The number of nitrogens with zero attached hydrogens (tertiary/aromatic N) is 1. The summed E-state index contributed by atoms with van der Waals surface area (Å²) in [5, 5.41) is 11.5. The molecule has 0 unspecified atom stereocenters. The number of aromatic nitrogens is 1. The highest BCUT2D eigenvalue weighted by atomic mass is 32.2. The zero-order valence-corrected chi connectivity index (χ0v) is 23.1. The summed E-state index contributed by atoms with van der Waals surface area (Å²) >= 11 is 3.06. The van der Waals surface area contributed by atoms with Crippen LogP contribution in [-0.4, -0.2) is 35.3 Å². The van der Waals surface area contributed by atoms with Crippen LogP contribution in [0.4, 0.5) is 10.5 Å². The van der Waals surface area contributed by atoms with Gasteiger partial charge in [-0.05, 0) is 67.0 Å². The Morgan fingerprint density at radius 2 is 1.70 bits per heavy atom. The third kappa shape index (κ3) is 7.72. The van der Waals surface area contributed by atoms with E-state index < -0.39 is 0 Å². The van der Waals surface area contributed by atoms with Gasteiger partial charge < -0.3 is 20.7 Å². The van der Waals surface area contributed by atoms with E-state index in [0.717, 1.165) is 47.0 Å². The van der Waals surface area contributed by atoms with Crippen molar-refractivity contribution in [2.24, 2.45) is 0 Å². The molecule has 0 saturated heterocycles. The van der Waals surface area contributed by atoms with Crippen molar-refractivity contribution >= 4 is 40.7 Å². The Morgan fingerprint density at radius 3 is 2.35 bits per heavy atom. The number of hydrogen-bond donors (Lipinski definition) is 3. The average molecular weight is 539 g/mol. The van der Waals surface area contributed by atoms with Crippen LogP contribution in [0.5, 0.6) is 5.75 Å². The van der Waals surface area contributed by atoms with Crippen molar-refractivity contribution in [2.45, 2.75) is 69.0 Å². The maximum Gasteiger partial charge on any atom is 0.319 e. The van der Waals surface area contributed by atoms with Gasteiger partial charge in [0.25, 0.3) is 5.91 Å². The van der Waals surface area contributed by atoms with Gasteiger partial charge >= 0.3 is 6.03 Å². The van der Waals surface area contributed by atoms with E-state index in [0.29, 0.717) is 18.2 Å². The van der Waals surface area contributed by atoms with E-state index in [2.05, 4.69) is 46.9 Å². The molecule has 37 heavy (non-hydrogen) atoms. The fourth-order valence-corrected chi connectivity index (χ4v) is 5.40. The molecule has 3 aromatic rings. The summed E-state index contributed by atoms with van der Waals surface area (Å²) in [4.78, 5) is 31.2. The number of carbonyl (C=O) groups is 2. The number of carbonyl (C=O) groups excluding carboxylic acids is 2. The van der Waals surface area contributed by atoms with E-state index in [1.54, 1.807) is 17.1 Å². The van der Waals surface area contributed by atoms with Crippen LogP contribution in [0, 0.1) is 0 Å². The van der Waals surface area contributed by atoms with Gasteiger partial charge in [-0.1, -0.05) is 38.8 Å². The van der Waals surface area contributed by atoms with Crippen molar-refractivity contribution in [1.82, 2.24) is 15.6 Å². The Hall–Kier alpha value is -3.04. The minimum atomic E-state index is -0.266. The summed E-state index contributed by atoms with van der Waals surface area (Å²) in [6.45, 7) is 4.62. The molecule has 0 bridgehead atoms. The molecule has 1 aliphatic rings. The lowest BCUT2D eigenvalue weighted by molar-refractivity contribution is 0.0911. The maximum atomic E-state index is 12.9. The molecule has 1 heterocycles. The van der Waals surface area contributed by atoms with E-state index in [9.17, 15) is 9.59 Å². The molecule has 2 aromatic carbocycles. The van der Waals surface area contributed by atoms with Gasteiger partial charge in [-0.2, -0.15) is 0 Å². The monoisotopic (exact) mass is 538 g/mol. The standard InChI is InChI=1S/C28H34N4O3S2/c1-18(2)19-8-12-21(13-9-19)35-16-26-30-25(17-37-26)27(33)31-23-6-4-5-7-24(23)32-28(34)29-20-10-14-22(36-3)15-11-20/h8-15,17-18,23-24H,4-7,16H2,1-3H3,(H,31,33)(H2,29,32,34)/t23-,24-/m1/s1. The number of thiazole rings is 1. The maximum absolute atomic E-state index is 12.9. The van der Waals surface area contributed by atoms with Crippen LogP contribution in [-0.2, 0) is 6.61 Å². The van der Waals surface area contributed by atoms with Gasteiger partial charge in [-0.25, -0.2) is 9.78 Å². The van der Waals surface area contributed by atoms with Crippen molar-refractivity contribution in [3.8, 4) is 5.75 Å². The number of amides is 3. The quantitative estimate of drug-likeness (QED) is 0.273. The zero-order chi connectivity index (χ0) is 26.2. The molecule has 0 aliphatic heterocycles. The molecule has 1 aliphatic carbocycles. The molecule has 4 rings (SSSR count). The number of thioether (sulfide) groups is 1. The lowest BCUT2D eigenvalue weighted by Gasteiger charge is -2.32. The number of benzene rings is 2. The van der Waals surface area contributed by atoms with Gasteiger partial charge in [0.05, 0.1) is 6.04 Å². The molecule has 9 heteroatoms. The Balaban J connectivity index is 1.29. The zero-order valence-electron chi connectivity index (χ0n) is 21.5. The first kappa shape index (κ1) is 27.0. The molecule has 196 valence electrons. The fourth-order valence-electron chi connectivity index (χ4n) is 4.30. The van der Waals surface area contributed by atoms with Gasteiger partial charge in [0.1, 0.15) is 23.1 Å². The van der Waals surface area contributed by atoms with E-state index >= 15 is 0 Å². The molecule has 1 aromatic heterocycles. The van der Waals surface area contributed by atoms with E-state index in [-0.39, 0.29) is 24.0 Å². The van der Waals surface area contributed by atoms with E-state index in [1.165, 1.54) is 16.9 Å². The third-order valence-electron chi connectivity index (χ3n) is 6.44. The summed E-state index contributed by atoms with van der Waals surface area (Å²) in [7, 11) is 0. The highest BCUT2D eigenvalue weighted by molar-refractivity contribution is 7.98. The topological polar surface area (TPSA) is 92.4 Å². The minimum Gasteiger partial charge on any atom is -0.486 e. The first-order valence-electron chi connectivity index (χ1n) is 12.6. The van der Waals surface area contributed by atoms with Crippen molar-refractivity contribution < 1.29 is 14.3 Å². The lowest BCUT2D eigenvalue weighted by atomic mass is 9.90. The second kappa shape index (κ2) is 13.0. The van der Waals surface area contributed by atoms with Crippen LogP contribution in [0.3, 0.4) is 0 Å². The van der Waals surface area contributed by atoms with Crippen LogP contribution in [0.15, 0.2) is 58.8 Å². The second-order valence-electron chi connectivity index (χ2n) is 9.44. The molecule has 2 atom stereocenters. The van der Waals surface area contributed by atoms with E-state index in [4.69, 9.17) is 4.74 Å².